The summed E-state index contributed by atoms with van der Waals surface area (Å²) in [7, 11) is 0. The van der Waals surface area contributed by atoms with Gasteiger partial charge in [0.1, 0.15) is 5.82 Å². The molecule has 1 aromatic rings. The van der Waals surface area contributed by atoms with Crippen molar-refractivity contribution in [3.05, 3.63) is 35.6 Å². The van der Waals surface area contributed by atoms with Crippen LogP contribution in [0.1, 0.15) is 44.6 Å². The SMILES string of the molecule is CCC(O)(c1ccccc1F)C1(CN)CCCC1. The third-order valence-corrected chi connectivity index (χ3v) is 4.66. The molecule has 0 amide bonds. The molecule has 0 bridgehead atoms. The molecule has 0 aliphatic heterocycles. The van der Waals surface area contributed by atoms with Crippen molar-refractivity contribution in [2.24, 2.45) is 11.1 Å². The quantitative estimate of drug-likeness (QED) is 0.864. The predicted octanol–water partition coefficient (Wildman–Crippen LogP) is 2.94. The van der Waals surface area contributed by atoms with E-state index in [9.17, 15) is 9.50 Å². The maximum Gasteiger partial charge on any atom is 0.129 e. The topological polar surface area (TPSA) is 46.2 Å². The van der Waals surface area contributed by atoms with Crippen LogP contribution < -0.4 is 5.73 Å². The fourth-order valence-electron chi connectivity index (χ4n) is 3.49. The Labute approximate surface area is 108 Å². The van der Waals surface area contributed by atoms with Crippen LogP contribution in [0.25, 0.3) is 0 Å². The van der Waals surface area contributed by atoms with E-state index in [1.54, 1.807) is 18.2 Å². The molecule has 100 valence electrons. The van der Waals surface area contributed by atoms with Gasteiger partial charge in [-0.1, -0.05) is 38.0 Å². The van der Waals surface area contributed by atoms with E-state index in [1.807, 2.05) is 6.92 Å². The summed E-state index contributed by atoms with van der Waals surface area (Å²) in [5, 5.41) is 11.1. The van der Waals surface area contributed by atoms with Crippen LogP contribution in [0.4, 0.5) is 4.39 Å². The molecule has 1 aliphatic rings. The van der Waals surface area contributed by atoms with E-state index in [1.165, 1.54) is 6.07 Å². The van der Waals surface area contributed by atoms with Crippen molar-refractivity contribution in [1.82, 2.24) is 0 Å². The van der Waals surface area contributed by atoms with E-state index in [0.717, 1.165) is 25.7 Å². The molecule has 0 heterocycles. The maximum atomic E-state index is 14.0. The molecule has 18 heavy (non-hydrogen) atoms. The van der Waals surface area contributed by atoms with Gasteiger partial charge in [0.2, 0.25) is 0 Å². The highest BCUT2D eigenvalue weighted by molar-refractivity contribution is 5.28. The number of hydrogen-bond donors (Lipinski definition) is 2. The Bertz CT molecular complexity index is 415. The minimum Gasteiger partial charge on any atom is -0.384 e. The average molecular weight is 251 g/mol. The summed E-state index contributed by atoms with van der Waals surface area (Å²) in [6, 6.07) is 6.53. The Morgan fingerprint density at radius 1 is 1.33 bits per heavy atom. The van der Waals surface area contributed by atoms with Crippen LogP contribution in [0.5, 0.6) is 0 Å². The van der Waals surface area contributed by atoms with Gasteiger partial charge in [0, 0.05) is 17.5 Å². The van der Waals surface area contributed by atoms with Crippen LogP contribution in [-0.4, -0.2) is 11.7 Å². The van der Waals surface area contributed by atoms with Crippen molar-refractivity contribution < 1.29 is 9.50 Å². The Morgan fingerprint density at radius 3 is 2.44 bits per heavy atom. The molecule has 1 aliphatic carbocycles. The van der Waals surface area contributed by atoms with E-state index in [4.69, 9.17) is 5.73 Å². The van der Waals surface area contributed by atoms with Crippen molar-refractivity contribution in [3.63, 3.8) is 0 Å². The van der Waals surface area contributed by atoms with Crippen molar-refractivity contribution in [2.45, 2.75) is 44.6 Å². The van der Waals surface area contributed by atoms with Crippen LogP contribution in [0.2, 0.25) is 0 Å². The van der Waals surface area contributed by atoms with E-state index in [-0.39, 0.29) is 11.2 Å². The van der Waals surface area contributed by atoms with E-state index in [0.29, 0.717) is 18.5 Å². The lowest BCUT2D eigenvalue weighted by molar-refractivity contribution is -0.0906. The molecular formula is C15H22FNO. The Hall–Kier alpha value is -0.930. The third-order valence-electron chi connectivity index (χ3n) is 4.66. The first-order chi connectivity index (χ1) is 8.59. The van der Waals surface area contributed by atoms with Gasteiger partial charge in [0.25, 0.3) is 0 Å². The van der Waals surface area contributed by atoms with Gasteiger partial charge in [-0.15, -0.1) is 0 Å². The molecule has 1 fully saturated rings. The van der Waals surface area contributed by atoms with Crippen LogP contribution in [0.15, 0.2) is 24.3 Å². The number of rotatable bonds is 4. The van der Waals surface area contributed by atoms with Crippen molar-refractivity contribution >= 4 is 0 Å². The monoisotopic (exact) mass is 251 g/mol. The van der Waals surface area contributed by atoms with E-state index >= 15 is 0 Å². The highest BCUT2D eigenvalue weighted by atomic mass is 19.1. The summed E-state index contributed by atoms with van der Waals surface area (Å²) in [5.41, 5.74) is 4.82. The fourth-order valence-corrected chi connectivity index (χ4v) is 3.49. The number of halogens is 1. The summed E-state index contributed by atoms with van der Waals surface area (Å²) in [6.07, 6.45) is 4.37. The zero-order valence-corrected chi connectivity index (χ0v) is 11.0. The maximum absolute atomic E-state index is 14.0. The third kappa shape index (κ3) is 1.86. The van der Waals surface area contributed by atoms with Gasteiger partial charge in [-0.25, -0.2) is 4.39 Å². The zero-order chi connectivity index (χ0) is 13.2. The van der Waals surface area contributed by atoms with Crippen molar-refractivity contribution in [2.75, 3.05) is 6.54 Å². The highest BCUT2D eigenvalue weighted by Crippen LogP contribution is 2.52. The smallest absolute Gasteiger partial charge is 0.129 e. The van der Waals surface area contributed by atoms with Crippen LogP contribution in [-0.2, 0) is 5.60 Å². The van der Waals surface area contributed by atoms with Crippen LogP contribution >= 0.6 is 0 Å². The largest absolute Gasteiger partial charge is 0.384 e. The molecular weight excluding hydrogens is 229 g/mol. The van der Waals surface area contributed by atoms with Gasteiger partial charge in [0.05, 0.1) is 5.60 Å². The van der Waals surface area contributed by atoms with Gasteiger partial charge in [-0.05, 0) is 25.3 Å². The normalized spacial score (nSPS) is 21.8. The summed E-state index contributed by atoms with van der Waals surface area (Å²) in [4.78, 5) is 0. The van der Waals surface area contributed by atoms with Crippen molar-refractivity contribution in [3.8, 4) is 0 Å². The summed E-state index contributed by atoms with van der Waals surface area (Å²) in [5.74, 6) is -0.332. The Morgan fingerprint density at radius 2 is 1.94 bits per heavy atom. The molecule has 2 nitrogen and oxygen atoms in total. The lowest BCUT2D eigenvalue weighted by Crippen LogP contribution is -2.49. The molecule has 1 atom stereocenters. The lowest BCUT2D eigenvalue weighted by Gasteiger charge is -2.44. The molecule has 3 heteroatoms. The van der Waals surface area contributed by atoms with Gasteiger partial charge >= 0.3 is 0 Å². The average Bonchev–Trinajstić information content (AvgIpc) is 2.88. The molecule has 1 saturated carbocycles. The predicted molar refractivity (Wildman–Crippen MR) is 70.5 cm³/mol. The minimum atomic E-state index is -1.15. The van der Waals surface area contributed by atoms with Gasteiger partial charge in [-0.3, -0.25) is 0 Å². The van der Waals surface area contributed by atoms with Crippen LogP contribution in [0, 0.1) is 11.2 Å². The Balaban J connectivity index is 2.51. The summed E-state index contributed by atoms with van der Waals surface area (Å²) >= 11 is 0. The molecule has 0 spiro atoms. The molecule has 1 aromatic carbocycles. The molecule has 0 radical (unpaired) electrons. The van der Waals surface area contributed by atoms with Gasteiger partial charge in [0.15, 0.2) is 0 Å². The number of aliphatic hydroxyl groups is 1. The standard InChI is InChI=1S/C15H22FNO/c1-2-15(18,12-7-3-4-8-13(12)16)14(11-17)9-5-6-10-14/h3-4,7-8,18H,2,5-6,9-11,17H2,1H3. The summed E-state index contributed by atoms with van der Waals surface area (Å²) in [6.45, 7) is 2.31. The molecule has 0 saturated heterocycles. The minimum absolute atomic E-state index is 0.332. The molecule has 0 aromatic heterocycles. The van der Waals surface area contributed by atoms with Crippen LogP contribution in [0.3, 0.4) is 0 Å². The highest BCUT2D eigenvalue weighted by Gasteiger charge is 2.51. The van der Waals surface area contributed by atoms with E-state index in [2.05, 4.69) is 0 Å². The summed E-state index contributed by atoms with van der Waals surface area (Å²) < 4.78 is 14.0. The second-order valence-electron chi connectivity index (χ2n) is 5.39. The lowest BCUT2D eigenvalue weighted by atomic mass is 9.65. The molecule has 3 N–H and O–H groups in total. The number of nitrogens with two attached hydrogens (primary N) is 1. The number of hydrogen-bond acceptors (Lipinski definition) is 2. The Kier molecular flexibility index (Phi) is 3.74. The molecule has 1 unspecified atom stereocenters. The second kappa shape index (κ2) is 4.98. The van der Waals surface area contributed by atoms with Gasteiger partial charge < -0.3 is 10.8 Å². The first-order valence-electron chi connectivity index (χ1n) is 6.77. The first kappa shape index (κ1) is 13.5. The zero-order valence-electron chi connectivity index (χ0n) is 11.0. The van der Waals surface area contributed by atoms with Gasteiger partial charge in [-0.2, -0.15) is 0 Å². The first-order valence-corrected chi connectivity index (χ1v) is 6.77. The second-order valence-corrected chi connectivity index (χ2v) is 5.39. The number of benzene rings is 1. The van der Waals surface area contributed by atoms with E-state index < -0.39 is 5.60 Å². The van der Waals surface area contributed by atoms with Crippen molar-refractivity contribution in [1.29, 1.82) is 0 Å². The molecule has 2 rings (SSSR count). The fraction of sp³-hybridized carbons (Fsp3) is 0.600.